The summed E-state index contributed by atoms with van der Waals surface area (Å²) >= 11 is 6.38. The van der Waals surface area contributed by atoms with Gasteiger partial charge in [0.2, 0.25) is 11.8 Å². The molecule has 0 saturated carbocycles. The normalized spacial score (nSPS) is 26.7. The number of carbonyl (C=O) groups is 5. The third kappa shape index (κ3) is 6.02. The van der Waals surface area contributed by atoms with Crippen molar-refractivity contribution in [1.29, 1.82) is 5.26 Å². The van der Waals surface area contributed by atoms with Crippen molar-refractivity contribution in [3.63, 3.8) is 0 Å². The Kier molecular flexibility index (Phi) is 8.80. The van der Waals surface area contributed by atoms with Gasteiger partial charge in [-0.25, -0.2) is 0 Å². The van der Waals surface area contributed by atoms with Crippen LogP contribution in [0, 0.1) is 16.7 Å². The number of hydrogen-bond donors (Lipinski definition) is 1. The second-order valence-corrected chi connectivity index (χ2v) is 17.8. The standard InChI is InChI=1S/C44H45ClN8O5/c1-26-19-44(25-52(26)31-7-4-28(20-46)37(45)18-31)12-14-48(15-13-44)29-5-2-27(3-6-29)41(56)51-24-32-16-33(51)23-50(32)34-21-49(22-34)30-8-9-35-36(17-30)43(58)53(42(35)57)38-10-11-39(54)47-40(38)55/h2-9,17-18,26,32-34,38H,10-16,19,21-25H2,1H3,(H,47,54,55)/t26-,32+,33+,38?/m0/s1. The number of anilines is 3. The van der Waals surface area contributed by atoms with Crippen LogP contribution in [0.3, 0.4) is 0 Å². The van der Waals surface area contributed by atoms with Crippen molar-refractivity contribution >= 4 is 58.2 Å². The second-order valence-electron chi connectivity index (χ2n) is 17.4. The highest BCUT2D eigenvalue weighted by atomic mass is 35.5. The van der Waals surface area contributed by atoms with Crippen LogP contribution in [0.5, 0.6) is 0 Å². The van der Waals surface area contributed by atoms with E-state index in [4.69, 9.17) is 11.6 Å². The maximum atomic E-state index is 13.8. The summed E-state index contributed by atoms with van der Waals surface area (Å²) in [6.45, 7) is 8.35. The summed E-state index contributed by atoms with van der Waals surface area (Å²) in [4.78, 5) is 77.0. The van der Waals surface area contributed by atoms with Gasteiger partial charge in [-0.2, -0.15) is 5.26 Å². The molecule has 14 heteroatoms. The van der Waals surface area contributed by atoms with Gasteiger partial charge < -0.3 is 19.6 Å². The molecule has 0 aliphatic carbocycles. The predicted octanol–water partition coefficient (Wildman–Crippen LogP) is 4.29. The summed E-state index contributed by atoms with van der Waals surface area (Å²) < 4.78 is 0. The molecule has 6 saturated heterocycles. The molecule has 13 nitrogen and oxygen atoms in total. The summed E-state index contributed by atoms with van der Waals surface area (Å²) in [5, 5.41) is 12.0. The van der Waals surface area contributed by atoms with Gasteiger partial charge in [0.05, 0.1) is 21.7 Å². The Hall–Kier alpha value is -5.45. The van der Waals surface area contributed by atoms with Crippen molar-refractivity contribution in [3.05, 3.63) is 87.9 Å². The number of nitrogens with one attached hydrogen (secondary N) is 1. The van der Waals surface area contributed by atoms with Gasteiger partial charge in [-0.3, -0.25) is 39.1 Å². The van der Waals surface area contributed by atoms with Crippen molar-refractivity contribution in [3.8, 4) is 6.07 Å². The number of imide groups is 2. The van der Waals surface area contributed by atoms with Crippen molar-refractivity contribution in [2.75, 3.05) is 60.5 Å². The maximum Gasteiger partial charge on any atom is 0.262 e. The quantitative estimate of drug-likeness (QED) is 0.360. The summed E-state index contributed by atoms with van der Waals surface area (Å²) in [6, 6.07) is 21.6. The molecule has 1 spiro atoms. The Morgan fingerprint density at radius 3 is 2.24 bits per heavy atom. The number of likely N-dealkylation sites (tertiary alicyclic amines) is 2. The van der Waals surface area contributed by atoms with Crippen LogP contribution in [-0.2, 0) is 9.59 Å². The van der Waals surface area contributed by atoms with E-state index in [9.17, 15) is 29.2 Å². The number of rotatable bonds is 6. The predicted molar refractivity (Wildman–Crippen MR) is 217 cm³/mol. The average molecular weight is 801 g/mol. The van der Waals surface area contributed by atoms with Crippen LogP contribution >= 0.6 is 11.6 Å². The van der Waals surface area contributed by atoms with E-state index >= 15 is 0 Å². The molecule has 7 heterocycles. The van der Waals surface area contributed by atoms with E-state index in [1.54, 1.807) is 12.1 Å². The molecular weight excluding hydrogens is 756 g/mol. The van der Waals surface area contributed by atoms with Crippen LogP contribution < -0.4 is 20.0 Å². The molecule has 1 unspecified atom stereocenters. The smallest absolute Gasteiger partial charge is 0.262 e. The van der Waals surface area contributed by atoms with Gasteiger partial charge in [0, 0.05) is 99.0 Å². The first kappa shape index (κ1) is 36.9. The van der Waals surface area contributed by atoms with Gasteiger partial charge in [-0.15, -0.1) is 0 Å². The zero-order valence-electron chi connectivity index (χ0n) is 32.4. The van der Waals surface area contributed by atoms with Crippen LogP contribution in [0.1, 0.15) is 82.1 Å². The second kappa shape index (κ2) is 13.8. The lowest BCUT2D eigenvalue weighted by molar-refractivity contribution is -0.136. The summed E-state index contributed by atoms with van der Waals surface area (Å²) in [7, 11) is 0. The number of benzene rings is 3. The molecule has 7 aliphatic heterocycles. The molecule has 10 rings (SSSR count). The molecule has 0 aromatic heterocycles. The first-order valence-corrected chi connectivity index (χ1v) is 20.9. The topological polar surface area (TPSA) is 141 Å². The first-order valence-electron chi connectivity index (χ1n) is 20.5. The number of piperidine rings is 2. The van der Waals surface area contributed by atoms with E-state index in [1.807, 2.05) is 36.4 Å². The van der Waals surface area contributed by atoms with Gasteiger partial charge in [0.1, 0.15) is 12.1 Å². The fraction of sp³-hybridized carbons (Fsp3) is 0.455. The fourth-order valence-electron chi connectivity index (χ4n) is 10.9. The number of fused-ring (bicyclic) bond motifs is 3. The Balaban J connectivity index is 0.711. The summed E-state index contributed by atoms with van der Waals surface area (Å²) in [6.07, 6.45) is 4.52. The molecule has 2 bridgehead atoms. The SMILES string of the molecule is C[C@H]1CC2(CCN(c3ccc(C(=O)N4C[C@H]5C[C@@H]4CN5C4CN(c5ccc6c(c5)C(=O)N(C5CCC(=O)NC5=O)C6=O)C4)cc3)CC2)CN1c1ccc(C#N)c(Cl)c1. The molecule has 7 aliphatic rings. The van der Waals surface area contributed by atoms with Crippen LogP contribution in [-0.4, -0.2) is 120 Å². The van der Waals surface area contributed by atoms with Gasteiger partial charge in [-0.1, -0.05) is 11.6 Å². The first-order chi connectivity index (χ1) is 28.0. The molecular formula is C44H45ClN8O5. The number of carbonyl (C=O) groups excluding carboxylic acids is 5. The van der Waals surface area contributed by atoms with Gasteiger partial charge in [0.15, 0.2) is 0 Å². The van der Waals surface area contributed by atoms with Gasteiger partial charge in [0.25, 0.3) is 17.7 Å². The van der Waals surface area contributed by atoms with Gasteiger partial charge >= 0.3 is 0 Å². The zero-order chi connectivity index (χ0) is 40.0. The number of nitrogens with zero attached hydrogens (tertiary/aromatic N) is 7. The Morgan fingerprint density at radius 2 is 1.55 bits per heavy atom. The average Bonchev–Trinajstić information content (AvgIpc) is 3.96. The Bertz CT molecular complexity index is 2300. The van der Waals surface area contributed by atoms with E-state index in [2.05, 4.69) is 54.9 Å². The third-order valence-electron chi connectivity index (χ3n) is 14.1. The molecule has 58 heavy (non-hydrogen) atoms. The number of amides is 5. The minimum absolute atomic E-state index is 0.0861. The lowest BCUT2D eigenvalue weighted by Crippen LogP contribution is -2.63. The van der Waals surface area contributed by atoms with Crippen molar-refractivity contribution < 1.29 is 24.0 Å². The fourth-order valence-corrected chi connectivity index (χ4v) is 11.2. The molecule has 6 fully saturated rings. The molecule has 4 atom stereocenters. The van der Waals surface area contributed by atoms with Crippen molar-refractivity contribution in [2.24, 2.45) is 5.41 Å². The van der Waals surface area contributed by atoms with E-state index in [0.717, 1.165) is 92.5 Å². The zero-order valence-corrected chi connectivity index (χ0v) is 33.2. The Labute approximate surface area is 342 Å². The largest absolute Gasteiger partial charge is 0.371 e. The molecule has 1 N–H and O–H groups in total. The summed E-state index contributed by atoms with van der Waals surface area (Å²) in [5.74, 6) is -1.91. The highest BCUT2D eigenvalue weighted by Gasteiger charge is 2.51. The van der Waals surface area contributed by atoms with Crippen LogP contribution in [0.4, 0.5) is 17.1 Å². The molecule has 3 aromatic carbocycles. The van der Waals surface area contributed by atoms with E-state index in [-0.39, 0.29) is 35.8 Å². The Morgan fingerprint density at radius 1 is 0.828 bits per heavy atom. The lowest BCUT2D eigenvalue weighted by atomic mass is 9.76. The lowest BCUT2D eigenvalue weighted by Gasteiger charge is -2.49. The van der Waals surface area contributed by atoms with Crippen LogP contribution in [0.2, 0.25) is 5.02 Å². The molecule has 298 valence electrons. The van der Waals surface area contributed by atoms with E-state index in [1.165, 1.54) is 0 Å². The van der Waals surface area contributed by atoms with E-state index in [0.29, 0.717) is 40.8 Å². The number of halogens is 1. The van der Waals surface area contributed by atoms with Gasteiger partial charge in [-0.05, 0) is 105 Å². The number of piperazine rings is 1. The van der Waals surface area contributed by atoms with Crippen LogP contribution in [0.15, 0.2) is 60.7 Å². The molecule has 5 amide bonds. The maximum absolute atomic E-state index is 13.8. The molecule has 0 radical (unpaired) electrons. The van der Waals surface area contributed by atoms with Crippen molar-refractivity contribution in [1.82, 2.24) is 20.0 Å². The number of hydrogen-bond acceptors (Lipinski definition) is 10. The summed E-state index contributed by atoms with van der Waals surface area (Å²) in [5.41, 5.74) is 5.16. The monoisotopic (exact) mass is 800 g/mol. The van der Waals surface area contributed by atoms with Crippen molar-refractivity contribution in [2.45, 2.75) is 75.7 Å². The van der Waals surface area contributed by atoms with E-state index < -0.39 is 29.7 Å². The third-order valence-corrected chi connectivity index (χ3v) is 14.5. The number of nitriles is 1. The van der Waals surface area contributed by atoms with Crippen LogP contribution in [0.25, 0.3) is 0 Å². The minimum atomic E-state index is -0.982. The molecule has 3 aromatic rings. The highest BCUT2D eigenvalue weighted by Crippen LogP contribution is 2.46. The highest BCUT2D eigenvalue weighted by molar-refractivity contribution is 6.32. The minimum Gasteiger partial charge on any atom is -0.371 e.